The zero-order valence-corrected chi connectivity index (χ0v) is 14.2. The molecule has 0 saturated carbocycles. The highest BCUT2D eigenvalue weighted by molar-refractivity contribution is 6.20. The minimum absolute atomic E-state index is 0.244. The fraction of sp³-hybridized carbons (Fsp3) is 0.0833. The van der Waals surface area contributed by atoms with Crippen molar-refractivity contribution in [3.63, 3.8) is 0 Å². The van der Waals surface area contributed by atoms with Crippen LogP contribution in [0.1, 0.15) is 17.2 Å². The maximum Gasteiger partial charge on any atom is 0.0758 e. The molecular formula is C24H18N2. The van der Waals surface area contributed by atoms with Gasteiger partial charge in [0.05, 0.1) is 23.5 Å². The van der Waals surface area contributed by atoms with Gasteiger partial charge in [0, 0.05) is 10.8 Å². The standard InChI is InChI=1S/C24H18N2/c1-2-8-16-15(7-1)13-14-21-22(16)26-24-20-12-6-4-10-18(20)17-9-3-5-11-19(17)23(24)25-21/h1-14,21-22,25-26H/t21-,22+/m1/s1. The molecule has 0 unspecified atom stereocenters. The first-order valence-electron chi connectivity index (χ1n) is 9.14. The van der Waals surface area contributed by atoms with Crippen molar-refractivity contribution < 1.29 is 0 Å². The molecule has 2 N–H and O–H groups in total. The third-order valence-corrected chi connectivity index (χ3v) is 5.72. The summed E-state index contributed by atoms with van der Waals surface area (Å²) in [6, 6.07) is 26.5. The molecule has 0 amide bonds. The number of fused-ring (bicyclic) bond motifs is 9. The van der Waals surface area contributed by atoms with Crippen molar-refractivity contribution in [3.05, 3.63) is 90.0 Å². The van der Waals surface area contributed by atoms with Crippen molar-refractivity contribution in [3.8, 4) is 0 Å². The van der Waals surface area contributed by atoms with Crippen LogP contribution in [0.4, 0.5) is 11.4 Å². The van der Waals surface area contributed by atoms with Gasteiger partial charge in [-0.2, -0.15) is 0 Å². The van der Waals surface area contributed by atoms with E-state index in [-0.39, 0.29) is 12.1 Å². The molecule has 124 valence electrons. The van der Waals surface area contributed by atoms with Crippen LogP contribution >= 0.6 is 0 Å². The van der Waals surface area contributed by atoms with Crippen molar-refractivity contribution in [2.45, 2.75) is 12.1 Å². The summed E-state index contributed by atoms with van der Waals surface area (Å²) in [5.74, 6) is 0. The molecule has 2 heteroatoms. The van der Waals surface area contributed by atoms with Gasteiger partial charge in [-0.25, -0.2) is 0 Å². The first kappa shape index (κ1) is 14.0. The van der Waals surface area contributed by atoms with Gasteiger partial charge in [-0.1, -0.05) is 84.9 Å². The summed E-state index contributed by atoms with van der Waals surface area (Å²) in [4.78, 5) is 0. The average Bonchev–Trinajstić information content (AvgIpc) is 2.73. The Morgan fingerprint density at radius 1 is 0.577 bits per heavy atom. The van der Waals surface area contributed by atoms with Gasteiger partial charge in [0.15, 0.2) is 0 Å². The molecule has 1 heterocycles. The lowest BCUT2D eigenvalue weighted by molar-refractivity contribution is 0.695. The van der Waals surface area contributed by atoms with Gasteiger partial charge in [0.2, 0.25) is 0 Å². The van der Waals surface area contributed by atoms with Gasteiger partial charge in [-0.3, -0.25) is 0 Å². The van der Waals surface area contributed by atoms with Crippen LogP contribution in [-0.4, -0.2) is 6.04 Å². The summed E-state index contributed by atoms with van der Waals surface area (Å²) < 4.78 is 0. The SMILES string of the molecule is C1=C[C@H]2Nc3c(c4ccccc4c4ccccc34)N[C@H]2c2ccccc21. The summed E-state index contributed by atoms with van der Waals surface area (Å²) in [5.41, 5.74) is 5.09. The molecule has 6 rings (SSSR count). The molecular weight excluding hydrogens is 316 g/mol. The van der Waals surface area contributed by atoms with Gasteiger partial charge >= 0.3 is 0 Å². The first-order chi connectivity index (χ1) is 12.9. The highest BCUT2D eigenvalue weighted by Crippen LogP contribution is 2.47. The molecule has 2 nitrogen and oxygen atoms in total. The smallest absolute Gasteiger partial charge is 0.0758 e. The second-order valence-electron chi connectivity index (χ2n) is 7.12. The number of hydrogen-bond acceptors (Lipinski definition) is 2. The second kappa shape index (κ2) is 5.12. The quantitative estimate of drug-likeness (QED) is 0.387. The van der Waals surface area contributed by atoms with Crippen LogP contribution in [0, 0.1) is 0 Å². The topological polar surface area (TPSA) is 24.1 Å². The van der Waals surface area contributed by atoms with E-state index in [4.69, 9.17) is 0 Å². The van der Waals surface area contributed by atoms with Gasteiger partial charge in [-0.05, 0) is 21.9 Å². The van der Waals surface area contributed by atoms with E-state index < -0.39 is 0 Å². The lowest BCUT2D eigenvalue weighted by atomic mass is 9.86. The number of nitrogens with one attached hydrogen (secondary N) is 2. The lowest BCUT2D eigenvalue weighted by Crippen LogP contribution is -2.37. The molecule has 0 spiro atoms. The Balaban J connectivity index is 1.66. The number of anilines is 2. The highest BCUT2D eigenvalue weighted by Gasteiger charge is 2.32. The Morgan fingerprint density at radius 2 is 1.15 bits per heavy atom. The van der Waals surface area contributed by atoms with E-state index >= 15 is 0 Å². The second-order valence-corrected chi connectivity index (χ2v) is 7.12. The largest absolute Gasteiger partial charge is 0.374 e. The van der Waals surface area contributed by atoms with Gasteiger partial charge in [0.25, 0.3) is 0 Å². The van der Waals surface area contributed by atoms with E-state index in [0.717, 1.165) is 0 Å². The third kappa shape index (κ3) is 1.81. The van der Waals surface area contributed by atoms with Gasteiger partial charge in [0.1, 0.15) is 0 Å². The Kier molecular flexibility index (Phi) is 2.75. The maximum atomic E-state index is 3.88. The summed E-state index contributed by atoms with van der Waals surface area (Å²) in [5, 5.41) is 12.9. The molecule has 1 aliphatic heterocycles. The van der Waals surface area contributed by atoms with Crippen LogP contribution in [0.25, 0.3) is 27.6 Å². The van der Waals surface area contributed by atoms with E-state index in [1.165, 1.54) is 44.0 Å². The Labute approximate surface area is 152 Å². The summed E-state index contributed by atoms with van der Waals surface area (Å²) >= 11 is 0. The van der Waals surface area contributed by atoms with Crippen molar-refractivity contribution in [2.75, 3.05) is 10.6 Å². The Bertz CT molecular complexity index is 1210. The lowest BCUT2D eigenvalue weighted by Gasteiger charge is -2.39. The van der Waals surface area contributed by atoms with Crippen LogP contribution < -0.4 is 10.6 Å². The van der Waals surface area contributed by atoms with Crippen LogP contribution in [0.3, 0.4) is 0 Å². The van der Waals surface area contributed by atoms with E-state index in [0.29, 0.717) is 0 Å². The molecule has 4 aromatic rings. The minimum atomic E-state index is 0.244. The summed E-state index contributed by atoms with van der Waals surface area (Å²) in [6.07, 6.45) is 4.52. The van der Waals surface area contributed by atoms with Gasteiger partial charge < -0.3 is 10.6 Å². The fourth-order valence-electron chi connectivity index (χ4n) is 4.52. The normalized spacial score (nSPS) is 20.0. The molecule has 2 aliphatic rings. The van der Waals surface area contributed by atoms with Crippen molar-refractivity contribution in [2.24, 2.45) is 0 Å². The summed E-state index contributed by atoms with van der Waals surface area (Å²) in [6.45, 7) is 0. The van der Waals surface area contributed by atoms with Crippen molar-refractivity contribution in [1.82, 2.24) is 0 Å². The zero-order valence-electron chi connectivity index (χ0n) is 14.2. The Hall–Kier alpha value is -3.26. The molecule has 0 bridgehead atoms. The first-order valence-corrected chi connectivity index (χ1v) is 9.14. The molecule has 4 aromatic carbocycles. The monoisotopic (exact) mass is 334 g/mol. The van der Waals surface area contributed by atoms with Crippen LogP contribution in [0.5, 0.6) is 0 Å². The predicted molar refractivity (Wildman–Crippen MR) is 111 cm³/mol. The molecule has 26 heavy (non-hydrogen) atoms. The number of hydrogen-bond donors (Lipinski definition) is 2. The van der Waals surface area contributed by atoms with E-state index in [2.05, 4.69) is 95.6 Å². The molecule has 2 atom stereocenters. The van der Waals surface area contributed by atoms with Crippen molar-refractivity contribution in [1.29, 1.82) is 0 Å². The van der Waals surface area contributed by atoms with Crippen LogP contribution in [0.2, 0.25) is 0 Å². The van der Waals surface area contributed by atoms with E-state index in [1.807, 2.05) is 0 Å². The molecule has 0 aromatic heterocycles. The molecule has 1 aliphatic carbocycles. The molecule has 0 fully saturated rings. The van der Waals surface area contributed by atoms with Crippen molar-refractivity contribution >= 4 is 39.0 Å². The average molecular weight is 334 g/mol. The molecule has 0 saturated heterocycles. The third-order valence-electron chi connectivity index (χ3n) is 5.72. The number of benzene rings is 4. The Morgan fingerprint density at radius 3 is 1.88 bits per heavy atom. The molecule has 0 radical (unpaired) electrons. The minimum Gasteiger partial charge on any atom is -0.374 e. The van der Waals surface area contributed by atoms with Crippen LogP contribution in [0.15, 0.2) is 78.9 Å². The fourth-order valence-corrected chi connectivity index (χ4v) is 4.52. The van der Waals surface area contributed by atoms with Crippen LogP contribution in [-0.2, 0) is 0 Å². The van der Waals surface area contributed by atoms with Gasteiger partial charge in [-0.15, -0.1) is 0 Å². The van der Waals surface area contributed by atoms with E-state index in [9.17, 15) is 0 Å². The predicted octanol–water partition coefficient (Wildman–Crippen LogP) is 5.97. The summed E-state index contributed by atoms with van der Waals surface area (Å²) in [7, 11) is 0. The maximum absolute atomic E-state index is 3.88. The van der Waals surface area contributed by atoms with E-state index in [1.54, 1.807) is 0 Å². The zero-order chi connectivity index (χ0) is 17.1. The number of rotatable bonds is 0. The highest BCUT2D eigenvalue weighted by atomic mass is 15.1.